The van der Waals surface area contributed by atoms with Crippen LogP contribution < -0.4 is 0 Å². The molecule has 9 heteroatoms. The van der Waals surface area contributed by atoms with Crippen molar-refractivity contribution in [1.82, 2.24) is 0 Å². The number of hydrogen-bond acceptors (Lipinski definition) is 4. The van der Waals surface area contributed by atoms with E-state index in [2.05, 4.69) is 11.7 Å². The van der Waals surface area contributed by atoms with Gasteiger partial charge in [-0.1, -0.05) is 96.8 Å². The maximum absolute atomic E-state index is 13.6. The van der Waals surface area contributed by atoms with E-state index in [1.165, 1.54) is 70.6 Å². The lowest BCUT2D eigenvalue weighted by molar-refractivity contribution is -0.151. The van der Waals surface area contributed by atoms with Gasteiger partial charge >= 0.3 is 11.9 Å². The highest BCUT2D eigenvalue weighted by Crippen LogP contribution is 2.23. The number of unbranched alkanes of at least 4 members (excludes halogenated alkanes) is 14. The number of ether oxygens (including phenoxy) is 2. The van der Waals surface area contributed by atoms with Crippen LogP contribution >= 0.6 is 0 Å². The topological polar surface area (TPSA) is 52.6 Å². The molecule has 0 radical (unpaired) electrons. The van der Waals surface area contributed by atoms with Crippen LogP contribution in [0.25, 0.3) is 0 Å². The molecule has 0 amide bonds. The zero-order chi connectivity index (χ0) is 27.5. The molecule has 0 spiro atoms. The minimum Gasteiger partial charge on any atom is -0.466 e. The van der Waals surface area contributed by atoms with Crippen LogP contribution in [0.5, 0.6) is 0 Å². The van der Waals surface area contributed by atoms with E-state index in [4.69, 9.17) is 4.74 Å². The Kier molecular flexibility index (Phi) is 17.6. The van der Waals surface area contributed by atoms with Gasteiger partial charge in [0.05, 0.1) is 25.0 Å². The number of halogens is 5. The van der Waals surface area contributed by atoms with Gasteiger partial charge in [0, 0.05) is 0 Å². The predicted octanol–water partition coefficient (Wildman–Crippen LogP) is 8.62. The van der Waals surface area contributed by atoms with Gasteiger partial charge in [-0.15, -0.1) is 0 Å². The number of esters is 2. The zero-order valence-corrected chi connectivity index (χ0v) is 22.0. The molecule has 1 rings (SSSR count). The standard InChI is InChI=1S/C28H41F5O4/c1-2-3-4-5-6-7-8-9-10-11-12-13-14-15-16-19-36-22(34)17-18-23(35)37-20-21-24(29)26(31)28(33)27(32)25(21)30/h2-20H2,1H3. The van der Waals surface area contributed by atoms with Crippen LogP contribution in [0.4, 0.5) is 22.0 Å². The molecular weight excluding hydrogens is 495 g/mol. The molecule has 0 saturated carbocycles. The molecule has 1 aromatic rings. The SMILES string of the molecule is CCCCCCCCCCCCCCCCCOC(=O)CCC(=O)OCc1c(F)c(F)c(F)c(F)c1F. The maximum atomic E-state index is 13.6. The molecule has 37 heavy (non-hydrogen) atoms. The molecule has 0 aliphatic rings. The van der Waals surface area contributed by atoms with Crippen molar-refractivity contribution in [2.45, 2.75) is 123 Å². The first-order valence-corrected chi connectivity index (χ1v) is 13.6. The van der Waals surface area contributed by atoms with Crippen LogP contribution in [0, 0.1) is 29.1 Å². The fourth-order valence-corrected chi connectivity index (χ4v) is 3.94. The van der Waals surface area contributed by atoms with Crippen LogP contribution in [-0.2, 0) is 25.7 Å². The molecule has 0 bridgehead atoms. The second-order valence-corrected chi connectivity index (χ2v) is 9.38. The Morgan fingerprint density at radius 1 is 0.514 bits per heavy atom. The van der Waals surface area contributed by atoms with Crippen molar-refractivity contribution in [3.8, 4) is 0 Å². The summed E-state index contributed by atoms with van der Waals surface area (Å²) in [5, 5.41) is 0. The highest BCUT2D eigenvalue weighted by Gasteiger charge is 2.26. The van der Waals surface area contributed by atoms with Crippen LogP contribution in [0.2, 0.25) is 0 Å². The lowest BCUT2D eigenvalue weighted by Gasteiger charge is -2.09. The number of carbonyl (C=O) groups excluding carboxylic acids is 2. The van der Waals surface area contributed by atoms with Gasteiger partial charge in [-0.2, -0.15) is 0 Å². The number of benzene rings is 1. The van der Waals surface area contributed by atoms with Crippen LogP contribution in [0.15, 0.2) is 0 Å². The van der Waals surface area contributed by atoms with Gasteiger partial charge in [-0.3, -0.25) is 9.59 Å². The maximum Gasteiger partial charge on any atom is 0.306 e. The Morgan fingerprint density at radius 2 is 0.865 bits per heavy atom. The minimum absolute atomic E-state index is 0.233. The Balaban J connectivity index is 2.00. The van der Waals surface area contributed by atoms with Crippen LogP contribution in [0.1, 0.15) is 122 Å². The van der Waals surface area contributed by atoms with Gasteiger partial charge in [0.25, 0.3) is 0 Å². The van der Waals surface area contributed by atoms with Crippen molar-refractivity contribution >= 4 is 11.9 Å². The van der Waals surface area contributed by atoms with E-state index in [-0.39, 0.29) is 13.0 Å². The molecule has 1 aromatic carbocycles. The monoisotopic (exact) mass is 536 g/mol. The Bertz CT molecular complexity index is 787. The summed E-state index contributed by atoms with van der Waals surface area (Å²) in [5.74, 6) is -12.3. The normalized spacial score (nSPS) is 11.1. The number of hydrogen-bond donors (Lipinski definition) is 0. The Hall–Kier alpha value is -2.19. The molecule has 212 valence electrons. The lowest BCUT2D eigenvalue weighted by atomic mass is 10.0. The van der Waals surface area contributed by atoms with Gasteiger partial charge in [0.15, 0.2) is 23.3 Å². The largest absolute Gasteiger partial charge is 0.466 e. The molecule has 0 heterocycles. The van der Waals surface area contributed by atoms with Crippen molar-refractivity contribution in [2.24, 2.45) is 0 Å². The molecule has 4 nitrogen and oxygen atoms in total. The highest BCUT2D eigenvalue weighted by molar-refractivity contribution is 5.77. The number of carbonyl (C=O) groups is 2. The van der Waals surface area contributed by atoms with E-state index < -0.39 is 59.6 Å². The van der Waals surface area contributed by atoms with Crippen LogP contribution in [0.3, 0.4) is 0 Å². The summed E-state index contributed by atoms with van der Waals surface area (Å²) in [6.07, 6.45) is 17.6. The van der Waals surface area contributed by atoms with Gasteiger partial charge < -0.3 is 9.47 Å². The van der Waals surface area contributed by atoms with Crippen molar-refractivity contribution in [3.05, 3.63) is 34.6 Å². The van der Waals surface area contributed by atoms with E-state index in [0.717, 1.165) is 19.3 Å². The fourth-order valence-electron chi connectivity index (χ4n) is 3.94. The van der Waals surface area contributed by atoms with E-state index >= 15 is 0 Å². The molecule has 0 aromatic heterocycles. The third-order valence-electron chi connectivity index (χ3n) is 6.22. The second kappa shape index (κ2) is 19.9. The Labute approximate surface area is 217 Å². The molecule has 0 unspecified atom stereocenters. The van der Waals surface area contributed by atoms with Gasteiger partial charge in [-0.05, 0) is 6.42 Å². The quantitative estimate of drug-likeness (QED) is 0.0519. The van der Waals surface area contributed by atoms with Gasteiger partial charge in [0.1, 0.15) is 6.61 Å². The van der Waals surface area contributed by atoms with Crippen LogP contribution in [-0.4, -0.2) is 18.5 Å². The number of rotatable bonds is 21. The first kappa shape index (κ1) is 32.8. The third-order valence-corrected chi connectivity index (χ3v) is 6.22. The van der Waals surface area contributed by atoms with E-state index in [1.54, 1.807) is 0 Å². The summed E-state index contributed by atoms with van der Waals surface area (Å²) < 4.78 is 76.1. The van der Waals surface area contributed by atoms with Crippen molar-refractivity contribution in [2.75, 3.05) is 6.61 Å². The van der Waals surface area contributed by atoms with Crippen molar-refractivity contribution in [3.63, 3.8) is 0 Å². The predicted molar refractivity (Wildman–Crippen MR) is 131 cm³/mol. The molecule has 0 N–H and O–H groups in total. The van der Waals surface area contributed by atoms with E-state index in [1.807, 2.05) is 0 Å². The summed E-state index contributed by atoms with van der Waals surface area (Å²) in [5.41, 5.74) is -1.25. The van der Waals surface area contributed by atoms with E-state index in [0.29, 0.717) is 6.42 Å². The van der Waals surface area contributed by atoms with Crippen molar-refractivity contribution in [1.29, 1.82) is 0 Å². The van der Waals surface area contributed by atoms with Gasteiger partial charge in [0.2, 0.25) is 5.82 Å². The van der Waals surface area contributed by atoms with Gasteiger partial charge in [-0.25, -0.2) is 22.0 Å². The molecule has 0 aliphatic heterocycles. The molecule has 0 saturated heterocycles. The average molecular weight is 537 g/mol. The fraction of sp³-hybridized carbons (Fsp3) is 0.714. The summed E-state index contributed by atoms with van der Waals surface area (Å²) in [7, 11) is 0. The van der Waals surface area contributed by atoms with E-state index in [9.17, 15) is 31.5 Å². The molecular formula is C28H41F5O4. The molecule has 0 aliphatic carbocycles. The first-order chi connectivity index (χ1) is 17.8. The first-order valence-electron chi connectivity index (χ1n) is 13.6. The molecule has 0 atom stereocenters. The summed E-state index contributed by atoms with van der Waals surface area (Å²) in [4.78, 5) is 23.4. The highest BCUT2D eigenvalue weighted by atomic mass is 19.2. The minimum atomic E-state index is -2.29. The summed E-state index contributed by atoms with van der Waals surface area (Å²) in [6, 6.07) is 0. The van der Waals surface area contributed by atoms with Crippen molar-refractivity contribution < 1.29 is 41.0 Å². The molecule has 0 fully saturated rings. The average Bonchev–Trinajstić information content (AvgIpc) is 2.89. The summed E-state index contributed by atoms with van der Waals surface area (Å²) in [6.45, 7) is 1.33. The third kappa shape index (κ3) is 13.8. The summed E-state index contributed by atoms with van der Waals surface area (Å²) >= 11 is 0. The Morgan fingerprint density at radius 3 is 1.30 bits per heavy atom. The second-order valence-electron chi connectivity index (χ2n) is 9.38. The lowest BCUT2D eigenvalue weighted by Crippen LogP contribution is -2.13. The smallest absolute Gasteiger partial charge is 0.306 e. The zero-order valence-electron chi connectivity index (χ0n) is 22.0.